The zero-order valence-electron chi connectivity index (χ0n) is 20.6. The lowest BCUT2D eigenvalue weighted by Crippen LogP contribution is -2.45. The maximum Gasteiger partial charge on any atom is 0.272 e. The lowest BCUT2D eigenvalue weighted by atomic mass is 9.93. The van der Waals surface area contributed by atoms with Gasteiger partial charge in [0.25, 0.3) is 5.91 Å². The Balaban J connectivity index is 1.28. The van der Waals surface area contributed by atoms with E-state index >= 15 is 0 Å². The van der Waals surface area contributed by atoms with Gasteiger partial charge in [-0.15, -0.1) is 11.3 Å². The Hall–Kier alpha value is -2.26. The maximum absolute atomic E-state index is 13.4. The van der Waals surface area contributed by atoms with Crippen LogP contribution in [0.15, 0.2) is 17.0 Å². The number of amides is 2. The van der Waals surface area contributed by atoms with Crippen LogP contribution in [-0.4, -0.2) is 63.2 Å². The van der Waals surface area contributed by atoms with E-state index in [-0.39, 0.29) is 17.9 Å². The molecule has 3 heterocycles. The molecule has 1 aliphatic heterocycles. The molecule has 1 unspecified atom stereocenters. The van der Waals surface area contributed by atoms with Crippen LogP contribution in [0.5, 0.6) is 0 Å². The minimum absolute atomic E-state index is 0.0401. The minimum Gasteiger partial charge on any atom is -0.353 e. The molecule has 3 fully saturated rings. The van der Waals surface area contributed by atoms with Crippen molar-refractivity contribution in [1.29, 1.82) is 0 Å². The largest absolute Gasteiger partial charge is 0.353 e. The Morgan fingerprint density at radius 2 is 1.86 bits per heavy atom. The molecule has 0 bridgehead atoms. The molecule has 0 aromatic carbocycles. The van der Waals surface area contributed by atoms with Crippen molar-refractivity contribution in [2.24, 2.45) is 0 Å². The third kappa shape index (κ3) is 6.30. The third-order valence-corrected chi connectivity index (χ3v) is 8.40. The van der Waals surface area contributed by atoms with Crippen molar-refractivity contribution in [1.82, 2.24) is 30.3 Å². The van der Waals surface area contributed by atoms with Gasteiger partial charge < -0.3 is 15.5 Å². The third-order valence-electron chi connectivity index (χ3n) is 7.81. The van der Waals surface area contributed by atoms with Crippen molar-refractivity contribution >= 4 is 23.2 Å². The van der Waals surface area contributed by atoms with E-state index in [0.717, 1.165) is 63.1 Å². The number of thiazole rings is 1. The molecule has 1 saturated heterocycles. The fraction of sp³-hybridized carbons (Fsp3) is 0.692. The molecule has 2 N–H and O–H groups in total. The Kier molecular flexibility index (Phi) is 8.13. The van der Waals surface area contributed by atoms with Crippen LogP contribution in [0, 0.1) is 0 Å². The number of rotatable bonds is 10. The molecule has 190 valence electrons. The molecule has 0 radical (unpaired) electrons. The van der Waals surface area contributed by atoms with E-state index in [2.05, 4.69) is 20.5 Å². The van der Waals surface area contributed by atoms with Crippen LogP contribution in [0.25, 0.3) is 11.4 Å². The molecule has 5 rings (SSSR count). The van der Waals surface area contributed by atoms with E-state index in [1.807, 2.05) is 21.6 Å². The molecule has 35 heavy (non-hydrogen) atoms. The first kappa shape index (κ1) is 24.4. The van der Waals surface area contributed by atoms with Crippen molar-refractivity contribution < 1.29 is 9.59 Å². The summed E-state index contributed by atoms with van der Waals surface area (Å²) in [4.78, 5) is 33.0. The lowest BCUT2D eigenvalue weighted by Gasteiger charge is -2.29. The molecule has 0 spiro atoms. The average molecular weight is 499 g/mol. The van der Waals surface area contributed by atoms with E-state index < -0.39 is 0 Å². The number of carbonyl (C=O) groups excluding carboxylic acids is 2. The number of piperidine rings is 1. The van der Waals surface area contributed by atoms with Crippen molar-refractivity contribution in [3.63, 3.8) is 0 Å². The van der Waals surface area contributed by atoms with Gasteiger partial charge in [-0.3, -0.25) is 14.3 Å². The first-order chi connectivity index (χ1) is 17.2. The predicted molar refractivity (Wildman–Crippen MR) is 137 cm³/mol. The van der Waals surface area contributed by atoms with Crippen LogP contribution in [0.1, 0.15) is 93.6 Å². The van der Waals surface area contributed by atoms with Crippen LogP contribution in [-0.2, 0) is 4.79 Å². The number of carbonyl (C=O) groups is 2. The number of likely N-dealkylation sites (tertiary alicyclic amines) is 1. The zero-order valence-corrected chi connectivity index (χ0v) is 21.4. The van der Waals surface area contributed by atoms with Gasteiger partial charge in [0.2, 0.25) is 5.91 Å². The van der Waals surface area contributed by atoms with Crippen LogP contribution in [0.2, 0.25) is 0 Å². The van der Waals surface area contributed by atoms with Crippen molar-refractivity contribution in [3.05, 3.63) is 22.7 Å². The smallest absolute Gasteiger partial charge is 0.272 e. The number of hydrogen-bond acceptors (Lipinski definition) is 6. The van der Waals surface area contributed by atoms with Crippen LogP contribution in [0.3, 0.4) is 0 Å². The Labute approximate surface area is 211 Å². The number of hydrogen-bond donors (Lipinski definition) is 2. The first-order valence-corrected chi connectivity index (χ1v) is 14.4. The second-order valence-electron chi connectivity index (χ2n) is 10.4. The monoisotopic (exact) mass is 498 g/mol. The molecule has 2 aliphatic carbocycles. The SMILES string of the molecule is O=C(CC(CCN1CCCCC1)NC(=O)c1cc(-c2cscn2)n(C2CCCC2)n1)NC1CCC1. The van der Waals surface area contributed by atoms with Gasteiger partial charge in [0.15, 0.2) is 5.69 Å². The summed E-state index contributed by atoms with van der Waals surface area (Å²) >= 11 is 1.55. The van der Waals surface area contributed by atoms with Crippen molar-refractivity contribution in [3.8, 4) is 11.4 Å². The van der Waals surface area contributed by atoms with Gasteiger partial charge in [-0.2, -0.15) is 5.10 Å². The number of aromatic nitrogens is 3. The molecule has 2 saturated carbocycles. The van der Waals surface area contributed by atoms with Crippen molar-refractivity contribution in [2.45, 2.75) is 95.2 Å². The summed E-state index contributed by atoms with van der Waals surface area (Å²) in [6.07, 6.45) is 12.7. The van der Waals surface area contributed by atoms with E-state index in [0.29, 0.717) is 24.2 Å². The Morgan fingerprint density at radius 1 is 1.06 bits per heavy atom. The Bertz CT molecular complexity index is 974. The van der Waals surface area contributed by atoms with Gasteiger partial charge in [-0.1, -0.05) is 19.3 Å². The number of nitrogens with one attached hydrogen (secondary N) is 2. The molecule has 1 atom stereocenters. The van der Waals surface area contributed by atoms with Gasteiger partial charge in [-0.25, -0.2) is 4.98 Å². The van der Waals surface area contributed by atoms with Crippen LogP contribution in [0.4, 0.5) is 0 Å². The summed E-state index contributed by atoms with van der Waals surface area (Å²) in [7, 11) is 0. The highest BCUT2D eigenvalue weighted by atomic mass is 32.1. The normalized spacial score (nSPS) is 20.5. The predicted octanol–water partition coefficient (Wildman–Crippen LogP) is 4.15. The van der Waals surface area contributed by atoms with Gasteiger partial charge in [0, 0.05) is 30.4 Å². The van der Waals surface area contributed by atoms with Crippen LogP contribution < -0.4 is 10.6 Å². The van der Waals surface area contributed by atoms with Gasteiger partial charge in [0.1, 0.15) is 0 Å². The highest BCUT2D eigenvalue weighted by molar-refractivity contribution is 7.07. The average Bonchev–Trinajstić information content (AvgIpc) is 3.61. The second-order valence-corrected chi connectivity index (χ2v) is 11.2. The summed E-state index contributed by atoms with van der Waals surface area (Å²) < 4.78 is 2.02. The van der Waals surface area contributed by atoms with E-state index in [1.54, 1.807) is 11.3 Å². The minimum atomic E-state index is -0.205. The fourth-order valence-electron chi connectivity index (χ4n) is 5.53. The Morgan fingerprint density at radius 3 is 2.54 bits per heavy atom. The molecule has 2 aromatic heterocycles. The molecule has 8 nitrogen and oxygen atoms in total. The van der Waals surface area contributed by atoms with E-state index in [1.165, 1.54) is 38.5 Å². The molecule has 3 aliphatic rings. The second kappa shape index (κ2) is 11.6. The zero-order chi connectivity index (χ0) is 24.0. The molecule has 2 aromatic rings. The molecular formula is C26H38N6O2S. The van der Waals surface area contributed by atoms with Gasteiger partial charge in [0.05, 0.1) is 22.9 Å². The summed E-state index contributed by atoms with van der Waals surface area (Å²) in [6.45, 7) is 3.12. The van der Waals surface area contributed by atoms with Crippen LogP contribution >= 0.6 is 11.3 Å². The lowest BCUT2D eigenvalue weighted by molar-refractivity contribution is -0.122. The van der Waals surface area contributed by atoms with E-state index in [4.69, 9.17) is 5.10 Å². The number of nitrogens with zero attached hydrogens (tertiary/aromatic N) is 4. The molecule has 9 heteroatoms. The quantitative estimate of drug-likeness (QED) is 0.513. The molecule has 2 amide bonds. The standard InChI is InChI=1S/C26H38N6O2S/c33-25(28-19-7-6-8-19)15-20(11-14-31-12-4-1-5-13-31)29-26(34)22-16-24(23-17-35-18-27-23)32(30-22)21-9-2-3-10-21/h16-21H,1-15H2,(H,28,33)(H,29,34). The van der Waals surface area contributed by atoms with E-state index in [9.17, 15) is 9.59 Å². The summed E-state index contributed by atoms with van der Waals surface area (Å²) in [5.41, 5.74) is 4.02. The maximum atomic E-state index is 13.4. The summed E-state index contributed by atoms with van der Waals surface area (Å²) in [5.74, 6) is -0.156. The summed E-state index contributed by atoms with van der Waals surface area (Å²) in [5, 5.41) is 13.1. The highest BCUT2D eigenvalue weighted by Crippen LogP contribution is 2.33. The molecular weight excluding hydrogens is 460 g/mol. The van der Waals surface area contributed by atoms with Crippen molar-refractivity contribution in [2.75, 3.05) is 19.6 Å². The highest BCUT2D eigenvalue weighted by Gasteiger charge is 2.27. The fourth-order valence-corrected chi connectivity index (χ4v) is 6.08. The summed E-state index contributed by atoms with van der Waals surface area (Å²) in [6, 6.07) is 2.29. The first-order valence-electron chi connectivity index (χ1n) is 13.5. The topological polar surface area (TPSA) is 92.2 Å². The van der Waals surface area contributed by atoms with Gasteiger partial charge in [-0.05, 0) is 70.5 Å². The van der Waals surface area contributed by atoms with Gasteiger partial charge >= 0.3 is 0 Å².